The van der Waals surface area contributed by atoms with E-state index in [1.54, 1.807) is 41.2 Å². The minimum absolute atomic E-state index is 0.0336. The zero-order valence-electron chi connectivity index (χ0n) is 18.5. The zero-order chi connectivity index (χ0) is 23.8. The lowest BCUT2D eigenvalue weighted by molar-refractivity contribution is -0.116. The third-order valence-electron chi connectivity index (χ3n) is 4.94. The van der Waals surface area contributed by atoms with E-state index in [2.05, 4.69) is 15.1 Å². The van der Waals surface area contributed by atoms with Gasteiger partial charge in [-0.3, -0.25) is 9.48 Å². The molecule has 10 nitrogen and oxygen atoms in total. The molecule has 0 atom stereocenters. The molecule has 1 aliphatic rings. The normalized spacial score (nSPS) is 13.2. The molecule has 2 aromatic carbocycles. The molecule has 2 heterocycles. The highest BCUT2D eigenvalue weighted by atomic mass is 32.2. The second kappa shape index (κ2) is 11.0. The summed E-state index contributed by atoms with van der Waals surface area (Å²) in [5, 5.41) is 6.86. The predicted octanol–water partition coefficient (Wildman–Crippen LogP) is 2.43. The number of aromatic nitrogens is 2. The van der Waals surface area contributed by atoms with Crippen LogP contribution < -0.4 is 24.2 Å². The number of nitrogens with one attached hydrogen (secondary N) is 2. The van der Waals surface area contributed by atoms with Crippen molar-refractivity contribution in [2.45, 2.75) is 24.3 Å². The average molecular weight is 487 g/mol. The van der Waals surface area contributed by atoms with E-state index in [0.29, 0.717) is 49.3 Å². The minimum atomic E-state index is -3.80. The van der Waals surface area contributed by atoms with Crippen molar-refractivity contribution in [3.8, 4) is 17.2 Å². The second-order valence-electron chi connectivity index (χ2n) is 7.50. The molecule has 180 valence electrons. The van der Waals surface area contributed by atoms with Crippen LogP contribution in [0.4, 0.5) is 5.69 Å². The molecule has 1 amide bonds. The highest BCUT2D eigenvalue weighted by Crippen LogP contribution is 2.31. The van der Waals surface area contributed by atoms with Crippen molar-refractivity contribution in [3.05, 3.63) is 60.9 Å². The van der Waals surface area contributed by atoms with Crippen LogP contribution in [0.2, 0.25) is 0 Å². The Morgan fingerprint density at radius 3 is 2.76 bits per heavy atom. The van der Waals surface area contributed by atoms with E-state index in [1.807, 2.05) is 12.3 Å². The number of rotatable bonds is 10. The van der Waals surface area contributed by atoms with Crippen LogP contribution >= 0.6 is 0 Å². The van der Waals surface area contributed by atoms with Gasteiger partial charge in [0.05, 0.1) is 24.7 Å². The highest BCUT2D eigenvalue weighted by molar-refractivity contribution is 7.89. The molecule has 0 spiro atoms. The van der Waals surface area contributed by atoms with E-state index < -0.39 is 10.0 Å². The molecule has 1 aromatic heterocycles. The van der Waals surface area contributed by atoms with Crippen molar-refractivity contribution in [2.24, 2.45) is 0 Å². The number of sulfonamides is 1. The number of anilines is 1. The van der Waals surface area contributed by atoms with Crippen LogP contribution in [0.1, 0.15) is 12.8 Å². The summed E-state index contributed by atoms with van der Waals surface area (Å²) >= 11 is 0. The summed E-state index contributed by atoms with van der Waals surface area (Å²) < 4.78 is 46.2. The summed E-state index contributed by atoms with van der Waals surface area (Å²) in [4.78, 5) is 12.4. The minimum Gasteiger partial charge on any atom is -0.492 e. The first-order valence-corrected chi connectivity index (χ1v) is 12.4. The molecule has 0 fully saturated rings. The van der Waals surface area contributed by atoms with E-state index in [-0.39, 0.29) is 23.8 Å². The number of benzene rings is 2. The smallest absolute Gasteiger partial charge is 0.240 e. The zero-order valence-corrected chi connectivity index (χ0v) is 19.3. The van der Waals surface area contributed by atoms with Gasteiger partial charge in [-0.2, -0.15) is 5.10 Å². The van der Waals surface area contributed by atoms with Crippen LogP contribution in [-0.2, 0) is 21.4 Å². The molecule has 0 bridgehead atoms. The lowest BCUT2D eigenvalue weighted by atomic mass is 10.3. The van der Waals surface area contributed by atoms with Crippen molar-refractivity contribution in [3.63, 3.8) is 0 Å². The third kappa shape index (κ3) is 6.49. The van der Waals surface area contributed by atoms with Gasteiger partial charge < -0.3 is 19.5 Å². The molecule has 2 N–H and O–H groups in total. The molecule has 0 aliphatic carbocycles. The SMILES string of the molecule is O=C(CCNS(=O)(=O)c1ccc2c(c1)OCCCO2)Nc1cccc(OCCn2cccn2)c1. The molecular weight excluding hydrogens is 460 g/mol. The fourth-order valence-corrected chi connectivity index (χ4v) is 4.32. The summed E-state index contributed by atoms with van der Waals surface area (Å²) in [6.45, 7) is 1.96. The lowest BCUT2D eigenvalue weighted by Crippen LogP contribution is -2.27. The van der Waals surface area contributed by atoms with E-state index in [0.717, 1.165) is 6.42 Å². The Balaban J connectivity index is 1.25. The first-order chi connectivity index (χ1) is 16.5. The van der Waals surface area contributed by atoms with Gasteiger partial charge in [0, 0.05) is 49.6 Å². The molecule has 3 aromatic rings. The van der Waals surface area contributed by atoms with Crippen LogP contribution in [0.3, 0.4) is 0 Å². The Labute approximate surface area is 197 Å². The van der Waals surface area contributed by atoms with Gasteiger partial charge in [0.25, 0.3) is 0 Å². The van der Waals surface area contributed by atoms with Crippen molar-refractivity contribution in [1.29, 1.82) is 0 Å². The number of nitrogens with zero attached hydrogens (tertiary/aromatic N) is 2. The van der Waals surface area contributed by atoms with Gasteiger partial charge in [-0.15, -0.1) is 0 Å². The van der Waals surface area contributed by atoms with Gasteiger partial charge in [-0.1, -0.05) is 6.07 Å². The quantitative estimate of drug-likeness (QED) is 0.451. The van der Waals surface area contributed by atoms with Crippen molar-refractivity contribution in [1.82, 2.24) is 14.5 Å². The number of carbonyl (C=O) groups is 1. The monoisotopic (exact) mass is 486 g/mol. The summed E-state index contributed by atoms with van der Waals surface area (Å²) in [5.74, 6) is 1.20. The Morgan fingerprint density at radius 2 is 1.94 bits per heavy atom. The van der Waals surface area contributed by atoms with Gasteiger partial charge in [-0.25, -0.2) is 13.1 Å². The molecule has 34 heavy (non-hydrogen) atoms. The summed E-state index contributed by atoms with van der Waals surface area (Å²) in [6.07, 6.45) is 4.25. The predicted molar refractivity (Wildman–Crippen MR) is 125 cm³/mol. The number of fused-ring (bicyclic) bond motifs is 1. The number of amides is 1. The van der Waals surface area contributed by atoms with Gasteiger partial charge in [-0.05, 0) is 30.3 Å². The molecule has 0 saturated carbocycles. The highest BCUT2D eigenvalue weighted by Gasteiger charge is 2.19. The Morgan fingerprint density at radius 1 is 1.09 bits per heavy atom. The van der Waals surface area contributed by atoms with E-state index in [1.165, 1.54) is 12.1 Å². The number of hydrogen-bond donors (Lipinski definition) is 2. The van der Waals surface area contributed by atoms with Crippen molar-refractivity contribution >= 4 is 21.6 Å². The topological polar surface area (TPSA) is 121 Å². The number of ether oxygens (including phenoxy) is 3. The van der Waals surface area contributed by atoms with E-state index >= 15 is 0 Å². The average Bonchev–Trinajstić information content (AvgIpc) is 3.22. The molecular formula is C23H26N4O6S. The van der Waals surface area contributed by atoms with Gasteiger partial charge >= 0.3 is 0 Å². The largest absolute Gasteiger partial charge is 0.492 e. The lowest BCUT2D eigenvalue weighted by Gasteiger charge is -2.11. The van der Waals surface area contributed by atoms with E-state index in [9.17, 15) is 13.2 Å². The Bertz CT molecular complexity index is 1210. The third-order valence-corrected chi connectivity index (χ3v) is 6.40. The van der Waals surface area contributed by atoms with Crippen LogP contribution in [0, 0.1) is 0 Å². The van der Waals surface area contributed by atoms with Crippen molar-refractivity contribution in [2.75, 3.05) is 31.7 Å². The Hall–Kier alpha value is -3.57. The fourth-order valence-electron chi connectivity index (χ4n) is 3.27. The van der Waals surface area contributed by atoms with Crippen LogP contribution in [0.15, 0.2) is 65.8 Å². The maximum absolute atomic E-state index is 12.6. The molecule has 11 heteroatoms. The fraction of sp³-hybridized carbons (Fsp3) is 0.304. The maximum Gasteiger partial charge on any atom is 0.240 e. The molecule has 1 aliphatic heterocycles. The molecule has 0 unspecified atom stereocenters. The van der Waals surface area contributed by atoms with Gasteiger partial charge in [0.15, 0.2) is 11.5 Å². The Kier molecular flexibility index (Phi) is 7.65. The summed E-state index contributed by atoms with van der Waals surface area (Å²) in [6, 6.07) is 13.3. The van der Waals surface area contributed by atoms with Crippen LogP contribution in [-0.4, -0.2) is 50.5 Å². The molecule has 0 saturated heterocycles. The maximum atomic E-state index is 12.6. The van der Waals surface area contributed by atoms with Crippen molar-refractivity contribution < 1.29 is 27.4 Å². The standard InChI is InChI=1S/C23H26N4O6S/c28-23(26-18-4-1-5-19(16-18)31-15-12-27-11-2-9-24-27)8-10-25-34(29,30)20-6-7-21-22(17-20)33-14-3-13-32-21/h1-2,4-7,9,11,16-17,25H,3,8,10,12-15H2,(H,26,28). The first-order valence-electron chi connectivity index (χ1n) is 10.9. The number of hydrogen-bond acceptors (Lipinski definition) is 7. The number of carbonyl (C=O) groups excluding carboxylic acids is 1. The summed E-state index contributed by atoms with van der Waals surface area (Å²) in [5.41, 5.74) is 0.562. The van der Waals surface area contributed by atoms with E-state index in [4.69, 9.17) is 14.2 Å². The summed E-state index contributed by atoms with van der Waals surface area (Å²) in [7, 11) is -3.80. The van der Waals surface area contributed by atoms with Crippen LogP contribution in [0.25, 0.3) is 0 Å². The first kappa shape index (κ1) is 23.6. The molecule has 4 rings (SSSR count). The second-order valence-corrected chi connectivity index (χ2v) is 9.27. The van der Waals surface area contributed by atoms with Gasteiger partial charge in [0.2, 0.25) is 15.9 Å². The van der Waals surface area contributed by atoms with Crippen LogP contribution in [0.5, 0.6) is 17.2 Å². The molecule has 0 radical (unpaired) electrons. The van der Waals surface area contributed by atoms with Gasteiger partial charge in [0.1, 0.15) is 12.4 Å².